The summed E-state index contributed by atoms with van der Waals surface area (Å²) >= 11 is 1.82. The van der Waals surface area contributed by atoms with Crippen LogP contribution in [0.25, 0.3) is 64.0 Å². The Bertz CT molecular complexity index is 2770. The van der Waals surface area contributed by atoms with Crippen LogP contribution in [0.15, 0.2) is 166 Å². The molecule has 1 N–H and O–H groups in total. The molecule has 226 valence electrons. The lowest BCUT2D eigenvalue weighted by Gasteiger charge is -2.24. The van der Waals surface area contributed by atoms with Crippen LogP contribution in [-0.2, 0) is 0 Å². The number of nitrogens with zero attached hydrogens (tertiary/aromatic N) is 2. The van der Waals surface area contributed by atoms with E-state index in [1.165, 1.54) is 20.2 Å². The Morgan fingerprint density at radius 3 is 1.98 bits per heavy atom. The van der Waals surface area contributed by atoms with E-state index in [0.717, 1.165) is 72.2 Å². The molecule has 4 nitrogen and oxygen atoms in total. The van der Waals surface area contributed by atoms with Crippen LogP contribution in [0.2, 0.25) is 0 Å². The van der Waals surface area contributed by atoms with Crippen molar-refractivity contribution < 1.29 is 4.42 Å². The summed E-state index contributed by atoms with van der Waals surface area (Å²) in [4.78, 5) is 10.6. The predicted octanol–water partition coefficient (Wildman–Crippen LogP) is 11.3. The lowest BCUT2D eigenvalue weighted by Crippen LogP contribution is -2.36. The molecular formula is C43H27N3OS. The molecule has 0 aliphatic carbocycles. The summed E-state index contributed by atoms with van der Waals surface area (Å²) in [5.41, 5.74) is 7.27. The van der Waals surface area contributed by atoms with E-state index in [4.69, 9.17) is 14.4 Å². The van der Waals surface area contributed by atoms with Gasteiger partial charge in [0.1, 0.15) is 22.8 Å². The zero-order chi connectivity index (χ0) is 31.6. The number of thiophene rings is 1. The van der Waals surface area contributed by atoms with Gasteiger partial charge in [-0.2, -0.15) is 0 Å². The Labute approximate surface area is 280 Å². The van der Waals surface area contributed by atoms with Gasteiger partial charge in [0.15, 0.2) is 6.17 Å². The van der Waals surface area contributed by atoms with Crippen LogP contribution >= 0.6 is 11.3 Å². The van der Waals surface area contributed by atoms with Gasteiger partial charge in [-0.1, -0.05) is 127 Å². The Morgan fingerprint density at radius 2 is 1.08 bits per heavy atom. The van der Waals surface area contributed by atoms with Gasteiger partial charge in [0.25, 0.3) is 0 Å². The fraction of sp³-hybridized carbons (Fsp3) is 0.0233. The van der Waals surface area contributed by atoms with Crippen LogP contribution in [0.5, 0.6) is 0 Å². The number of nitrogens with one attached hydrogen (secondary N) is 1. The largest absolute Gasteiger partial charge is 0.456 e. The summed E-state index contributed by atoms with van der Waals surface area (Å²) in [6.07, 6.45) is -0.414. The standard InChI is InChI=1S/C43H27N3OS/c1-2-12-26(13-3-1)41-44-42(46-43(45-41)34-21-11-25-38-40(34)33-15-5-7-24-37(33)48-38)31-20-9-16-27-28(17-8-18-29(27)31)30-19-10-23-36-39(30)32-14-4-6-22-35(32)47-36/h1-25,43H,(H,44,45,46). The number of rotatable bonds is 4. The average Bonchev–Trinajstić information content (AvgIpc) is 3.73. The molecule has 1 aliphatic rings. The number of benzene rings is 7. The molecule has 2 aromatic heterocycles. The molecule has 5 heteroatoms. The fourth-order valence-electron chi connectivity index (χ4n) is 7.24. The molecule has 1 unspecified atom stereocenters. The summed E-state index contributed by atoms with van der Waals surface area (Å²) < 4.78 is 8.78. The summed E-state index contributed by atoms with van der Waals surface area (Å²) in [6, 6.07) is 53.1. The number of furan rings is 1. The second-order valence-corrected chi connectivity index (χ2v) is 13.2. The van der Waals surface area contributed by atoms with E-state index in [-0.39, 0.29) is 0 Å². The molecule has 0 bridgehead atoms. The number of hydrogen-bond acceptors (Lipinski definition) is 5. The summed E-state index contributed by atoms with van der Waals surface area (Å²) in [5.74, 6) is 1.62. The fourth-order valence-corrected chi connectivity index (χ4v) is 8.38. The van der Waals surface area contributed by atoms with Gasteiger partial charge in [-0.05, 0) is 46.2 Å². The summed E-state index contributed by atoms with van der Waals surface area (Å²) in [5, 5.41) is 10.7. The molecule has 0 fully saturated rings. The molecule has 48 heavy (non-hydrogen) atoms. The summed E-state index contributed by atoms with van der Waals surface area (Å²) in [6.45, 7) is 0. The SMILES string of the molecule is c1ccc(C2=NC(c3cccc4sc5ccccc5c34)N=C(c3cccc4c(-c5cccc6oc7ccccc7c56)cccc34)N2)cc1. The van der Waals surface area contributed by atoms with Crippen molar-refractivity contribution in [3.63, 3.8) is 0 Å². The molecule has 0 amide bonds. The quantitative estimate of drug-likeness (QED) is 0.210. The van der Waals surface area contributed by atoms with Gasteiger partial charge >= 0.3 is 0 Å². The molecule has 3 heterocycles. The first-order valence-electron chi connectivity index (χ1n) is 16.1. The highest BCUT2D eigenvalue weighted by Crippen LogP contribution is 2.42. The first-order valence-corrected chi connectivity index (χ1v) is 16.9. The maximum absolute atomic E-state index is 6.26. The van der Waals surface area contributed by atoms with Gasteiger partial charge in [-0.25, -0.2) is 9.98 Å². The zero-order valence-corrected chi connectivity index (χ0v) is 26.5. The molecule has 9 aromatic rings. The maximum atomic E-state index is 6.26. The second-order valence-electron chi connectivity index (χ2n) is 12.1. The van der Waals surface area contributed by atoms with Crippen molar-refractivity contribution in [1.29, 1.82) is 0 Å². The van der Waals surface area contributed by atoms with E-state index in [1.54, 1.807) is 0 Å². The van der Waals surface area contributed by atoms with Crippen molar-refractivity contribution in [2.45, 2.75) is 6.17 Å². The van der Waals surface area contributed by atoms with Crippen molar-refractivity contribution in [2.75, 3.05) is 0 Å². The number of fused-ring (bicyclic) bond motifs is 7. The third-order valence-electron chi connectivity index (χ3n) is 9.37. The summed E-state index contributed by atoms with van der Waals surface area (Å²) in [7, 11) is 0. The minimum Gasteiger partial charge on any atom is -0.456 e. The molecule has 7 aromatic carbocycles. The third-order valence-corrected chi connectivity index (χ3v) is 10.5. The topological polar surface area (TPSA) is 49.9 Å². The van der Waals surface area contributed by atoms with E-state index in [1.807, 2.05) is 29.5 Å². The van der Waals surface area contributed by atoms with Crippen LogP contribution in [0, 0.1) is 0 Å². The second kappa shape index (κ2) is 10.8. The highest BCUT2D eigenvalue weighted by molar-refractivity contribution is 7.25. The van der Waals surface area contributed by atoms with E-state index >= 15 is 0 Å². The monoisotopic (exact) mass is 633 g/mol. The molecule has 0 spiro atoms. The normalized spacial score (nSPS) is 14.9. The molecule has 1 aliphatic heterocycles. The van der Waals surface area contributed by atoms with Crippen LogP contribution in [0.1, 0.15) is 22.9 Å². The van der Waals surface area contributed by atoms with Crippen molar-refractivity contribution in [2.24, 2.45) is 9.98 Å². The minimum absolute atomic E-state index is 0.414. The van der Waals surface area contributed by atoms with Crippen molar-refractivity contribution in [3.05, 3.63) is 168 Å². The van der Waals surface area contributed by atoms with Crippen LogP contribution < -0.4 is 5.32 Å². The molecule has 1 atom stereocenters. The van der Waals surface area contributed by atoms with Gasteiger partial charge in [-0.3, -0.25) is 0 Å². The molecule has 10 rings (SSSR count). The van der Waals surface area contributed by atoms with Gasteiger partial charge in [0, 0.05) is 47.6 Å². The van der Waals surface area contributed by atoms with Crippen molar-refractivity contribution in [1.82, 2.24) is 5.32 Å². The molecular weight excluding hydrogens is 607 g/mol. The number of hydrogen-bond donors (Lipinski definition) is 1. The smallest absolute Gasteiger partial charge is 0.170 e. The predicted molar refractivity (Wildman–Crippen MR) is 201 cm³/mol. The van der Waals surface area contributed by atoms with Crippen molar-refractivity contribution >= 4 is 75.9 Å². The molecule has 0 saturated carbocycles. The lowest BCUT2D eigenvalue weighted by molar-refractivity contribution is 0.669. The molecule has 0 saturated heterocycles. The van der Waals surface area contributed by atoms with Gasteiger partial charge in [0.2, 0.25) is 0 Å². The Hall–Kier alpha value is -6.04. The number of para-hydroxylation sites is 1. The van der Waals surface area contributed by atoms with Gasteiger partial charge < -0.3 is 9.73 Å². The number of amidine groups is 2. The maximum Gasteiger partial charge on any atom is 0.170 e. The Morgan fingerprint density at radius 1 is 0.458 bits per heavy atom. The highest BCUT2D eigenvalue weighted by atomic mass is 32.1. The van der Waals surface area contributed by atoms with E-state index in [2.05, 4.69) is 139 Å². The number of aliphatic imine (C=N–C) groups is 2. The van der Waals surface area contributed by atoms with Gasteiger partial charge in [-0.15, -0.1) is 11.3 Å². The van der Waals surface area contributed by atoms with Crippen LogP contribution in [0.3, 0.4) is 0 Å². The average molecular weight is 634 g/mol. The highest BCUT2D eigenvalue weighted by Gasteiger charge is 2.25. The first-order chi connectivity index (χ1) is 23.8. The zero-order valence-electron chi connectivity index (χ0n) is 25.7. The van der Waals surface area contributed by atoms with E-state index in [0.29, 0.717) is 0 Å². The molecule has 0 radical (unpaired) electrons. The first kappa shape index (κ1) is 27.1. The van der Waals surface area contributed by atoms with Crippen LogP contribution in [-0.4, -0.2) is 11.7 Å². The minimum atomic E-state index is -0.414. The van der Waals surface area contributed by atoms with Gasteiger partial charge in [0.05, 0.1) is 0 Å². The van der Waals surface area contributed by atoms with E-state index < -0.39 is 6.17 Å². The van der Waals surface area contributed by atoms with Crippen molar-refractivity contribution in [3.8, 4) is 11.1 Å². The van der Waals surface area contributed by atoms with E-state index in [9.17, 15) is 0 Å². The third kappa shape index (κ3) is 4.21. The lowest BCUT2D eigenvalue weighted by atomic mass is 9.92. The Kier molecular flexibility index (Phi) is 6.08. The Balaban J connectivity index is 1.18. The van der Waals surface area contributed by atoms with Crippen LogP contribution in [0.4, 0.5) is 0 Å².